The molecule has 0 aromatic carbocycles. The van der Waals surface area contributed by atoms with Crippen LogP contribution in [-0.4, -0.2) is 32.0 Å². The molecule has 1 heterocycles. The molecule has 1 saturated heterocycles. The molecule has 0 bridgehead atoms. The fraction of sp³-hybridized carbons (Fsp3) is 1.00. The molecule has 0 radical (unpaired) electrons. The largest absolute Gasteiger partial charge is 0.313 e. The van der Waals surface area contributed by atoms with Gasteiger partial charge in [0.1, 0.15) is 0 Å². The van der Waals surface area contributed by atoms with Crippen LogP contribution in [0.3, 0.4) is 0 Å². The van der Waals surface area contributed by atoms with Crippen molar-refractivity contribution in [2.45, 2.75) is 57.2 Å². The molecule has 1 rings (SSSR count). The van der Waals surface area contributed by atoms with Gasteiger partial charge < -0.3 is 5.32 Å². The van der Waals surface area contributed by atoms with E-state index in [-0.39, 0.29) is 11.3 Å². The van der Waals surface area contributed by atoms with Crippen molar-refractivity contribution in [3.8, 4) is 0 Å². The molecule has 2 atom stereocenters. The van der Waals surface area contributed by atoms with Gasteiger partial charge in [-0.2, -0.15) is 0 Å². The van der Waals surface area contributed by atoms with Crippen LogP contribution in [0.5, 0.6) is 0 Å². The van der Waals surface area contributed by atoms with Crippen molar-refractivity contribution in [2.75, 3.05) is 12.3 Å². The summed E-state index contributed by atoms with van der Waals surface area (Å²) in [6.07, 6.45) is 4.72. The summed E-state index contributed by atoms with van der Waals surface area (Å²) in [5.41, 5.74) is 0. The van der Waals surface area contributed by atoms with Gasteiger partial charge in [-0.3, -0.25) is 0 Å². The van der Waals surface area contributed by atoms with Crippen LogP contribution in [0.2, 0.25) is 0 Å². The molecule has 0 amide bonds. The van der Waals surface area contributed by atoms with E-state index >= 15 is 0 Å². The Hall–Kier alpha value is -0.0900. The maximum absolute atomic E-state index is 11.9. The molecule has 0 aliphatic carbocycles. The molecule has 15 heavy (non-hydrogen) atoms. The molecule has 0 saturated carbocycles. The molecule has 0 spiro atoms. The van der Waals surface area contributed by atoms with Crippen molar-refractivity contribution < 1.29 is 8.42 Å². The van der Waals surface area contributed by atoms with Crippen LogP contribution in [0.15, 0.2) is 0 Å². The predicted molar refractivity (Wildman–Crippen MR) is 63.8 cm³/mol. The van der Waals surface area contributed by atoms with Gasteiger partial charge in [-0.1, -0.05) is 20.3 Å². The van der Waals surface area contributed by atoms with Crippen LogP contribution >= 0.6 is 0 Å². The van der Waals surface area contributed by atoms with Crippen LogP contribution in [-0.2, 0) is 9.84 Å². The Kier molecular flexibility index (Phi) is 5.06. The number of nitrogens with one attached hydrogen (secondary N) is 1. The quantitative estimate of drug-likeness (QED) is 0.786. The maximum Gasteiger partial charge on any atom is 0.154 e. The van der Waals surface area contributed by atoms with E-state index in [1.54, 1.807) is 0 Å². The van der Waals surface area contributed by atoms with E-state index in [0.29, 0.717) is 5.75 Å². The van der Waals surface area contributed by atoms with Gasteiger partial charge in [-0.25, -0.2) is 8.42 Å². The van der Waals surface area contributed by atoms with Gasteiger partial charge in [0.15, 0.2) is 9.84 Å². The molecule has 1 N–H and O–H groups in total. The van der Waals surface area contributed by atoms with Crippen molar-refractivity contribution in [2.24, 2.45) is 0 Å². The van der Waals surface area contributed by atoms with Crippen LogP contribution in [0.1, 0.15) is 46.0 Å². The summed E-state index contributed by atoms with van der Waals surface area (Å²) in [4.78, 5) is 0. The highest BCUT2D eigenvalue weighted by Gasteiger charge is 2.34. The smallest absolute Gasteiger partial charge is 0.154 e. The van der Waals surface area contributed by atoms with E-state index in [0.717, 1.165) is 38.6 Å². The zero-order valence-corrected chi connectivity index (χ0v) is 10.6. The third-order valence-electron chi connectivity index (χ3n) is 3.17. The molecule has 1 fully saturated rings. The summed E-state index contributed by atoms with van der Waals surface area (Å²) in [5.74, 6) is 0.391. The minimum Gasteiger partial charge on any atom is -0.313 e. The average molecular weight is 233 g/mol. The Morgan fingerprint density at radius 1 is 1.33 bits per heavy atom. The first-order valence-electron chi connectivity index (χ1n) is 6.06. The van der Waals surface area contributed by atoms with Gasteiger partial charge in [0.05, 0.1) is 11.0 Å². The third kappa shape index (κ3) is 3.45. The lowest BCUT2D eigenvalue weighted by Crippen LogP contribution is -2.46. The number of sulfone groups is 1. The second kappa shape index (κ2) is 5.85. The van der Waals surface area contributed by atoms with Gasteiger partial charge in [0.2, 0.25) is 0 Å². The van der Waals surface area contributed by atoms with E-state index < -0.39 is 9.84 Å². The third-order valence-corrected chi connectivity index (χ3v) is 5.52. The van der Waals surface area contributed by atoms with Crippen molar-refractivity contribution >= 4 is 9.84 Å². The van der Waals surface area contributed by atoms with Crippen molar-refractivity contribution in [1.82, 2.24) is 5.32 Å². The zero-order valence-electron chi connectivity index (χ0n) is 9.83. The topological polar surface area (TPSA) is 46.2 Å². The number of rotatable bonds is 5. The van der Waals surface area contributed by atoms with E-state index in [1.165, 1.54) is 0 Å². The van der Waals surface area contributed by atoms with Gasteiger partial charge in [-0.15, -0.1) is 0 Å². The summed E-state index contributed by atoms with van der Waals surface area (Å²) in [7, 11) is -2.83. The van der Waals surface area contributed by atoms with Gasteiger partial charge >= 0.3 is 0 Å². The zero-order chi connectivity index (χ0) is 11.3. The number of hydrogen-bond donors (Lipinski definition) is 1. The predicted octanol–water partition coefficient (Wildman–Crippen LogP) is 1.73. The van der Waals surface area contributed by atoms with Crippen LogP contribution in [0.25, 0.3) is 0 Å². The highest BCUT2D eigenvalue weighted by molar-refractivity contribution is 7.92. The van der Waals surface area contributed by atoms with E-state index in [4.69, 9.17) is 0 Å². The number of hydrogen-bond acceptors (Lipinski definition) is 3. The molecule has 2 unspecified atom stereocenters. The lowest BCUT2D eigenvalue weighted by molar-refractivity contribution is 0.427. The highest BCUT2D eigenvalue weighted by atomic mass is 32.2. The molecule has 90 valence electrons. The molecule has 3 nitrogen and oxygen atoms in total. The first-order valence-corrected chi connectivity index (χ1v) is 7.78. The maximum atomic E-state index is 11.9. The van der Waals surface area contributed by atoms with E-state index in [2.05, 4.69) is 19.2 Å². The first-order chi connectivity index (χ1) is 7.11. The average Bonchev–Trinajstić information content (AvgIpc) is 2.20. The standard InChI is InChI=1S/C11H23NO2S/c1-3-8-12-10(4-2)11-7-5-6-9-15(11,13)14/h10-12H,3-9H2,1-2H3. The minimum absolute atomic E-state index is 0.136. The summed E-state index contributed by atoms with van der Waals surface area (Å²) in [6.45, 7) is 5.09. The summed E-state index contributed by atoms with van der Waals surface area (Å²) < 4.78 is 23.8. The normalized spacial score (nSPS) is 27.5. The van der Waals surface area contributed by atoms with Crippen LogP contribution in [0.4, 0.5) is 0 Å². The highest BCUT2D eigenvalue weighted by Crippen LogP contribution is 2.23. The fourth-order valence-corrected chi connectivity index (χ4v) is 4.52. The second-order valence-corrected chi connectivity index (χ2v) is 6.71. The first kappa shape index (κ1) is 13.0. The lowest BCUT2D eigenvalue weighted by atomic mass is 10.0. The van der Waals surface area contributed by atoms with Crippen LogP contribution in [0, 0.1) is 0 Å². The summed E-state index contributed by atoms with van der Waals surface area (Å²) in [6, 6.07) is 0.162. The van der Waals surface area contributed by atoms with Gasteiger partial charge in [-0.05, 0) is 32.2 Å². The van der Waals surface area contributed by atoms with Crippen LogP contribution < -0.4 is 5.32 Å². The van der Waals surface area contributed by atoms with Crippen molar-refractivity contribution in [1.29, 1.82) is 0 Å². The summed E-state index contributed by atoms with van der Waals surface area (Å²) >= 11 is 0. The Morgan fingerprint density at radius 2 is 2.07 bits per heavy atom. The molecule has 4 heteroatoms. The van der Waals surface area contributed by atoms with Gasteiger partial charge in [0, 0.05) is 6.04 Å². The lowest BCUT2D eigenvalue weighted by Gasteiger charge is -2.30. The molecule has 1 aliphatic rings. The summed E-state index contributed by atoms with van der Waals surface area (Å²) in [5, 5.41) is 3.23. The Bertz CT molecular complexity index is 274. The molecular formula is C11H23NO2S. The Balaban J connectivity index is 2.64. The Morgan fingerprint density at radius 3 is 2.60 bits per heavy atom. The molecule has 0 aromatic heterocycles. The Labute approximate surface area is 93.6 Å². The monoisotopic (exact) mass is 233 g/mol. The van der Waals surface area contributed by atoms with Crippen molar-refractivity contribution in [3.63, 3.8) is 0 Å². The van der Waals surface area contributed by atoms with Gasteiger partial charge in [0.25, 0.3) is 0 Å². The SMILES string of the molecule is CCCNC(CC)C1CCCCS1(=O)=O. The molecular weight excluding hydrogens is 210 g/mol. The fourth-order valence-electron chi connectivity index (χ4n) is 2.30. The second-order valence-electron chi connectivity index (χ2n) is 4.37. The van der Waals surface area contributed by atoms with Crippen molar-refractivity contribution in [3.05, 3.63) is 0 Å². The van der Waals surface area contributed by atoms with E-state index in [1.807, 2.05) is 0 Å². The minimum atomic E-state index is -2.83. The molecule has 0 aromatic rings. The molecule has 1 aliphatic heterocycles. The van der Waals surface area contributed by atoms with E-state index in [9.17, 15) is 8.42 Å².